The predicted molar refractivity (Wildman–Crippen MR) is 51.8 cm³/mol. The summed E-state index contributed by atoms with van der Waals surface area (Å²) < 4.78 is 5.73. The molecule has 2 rings (SSSR count). The molecule has 0 aromatic carbocycles. The first-order valence-corrected chi connectivity index (χ1v) is 4.85. The van der Waals surface area contributed by atoms with Gasteiger partial charge in [-0.15, -0.1) is 0 Å². The molecule has 2 nitrogen and oxygen atoms in total. The van der Waals surface area contributed by atoms with Gasteiger partial charge in [0.1, 0.15) is 6.10 Å². The molecule has 13 heavy (non-hydrogen) atoms. The van der Waals surface area contributed by atoms with Gasteiger partial charge in [0.15, 0.2) is 0 Å². The van der Waals surface area contributed by atoms with Crippen molar-refractivity contribution in [3.05, 3.63) is 23.9 Å². The Kier molecular flexibility index (Phi) is 2.21. The molecule has 0 amide bonds. The van der Waals surface area contributed by atoms with Crippen LogP contribution in [0.4, 0.5) is 0 Å². The standard InChI is InChI=1S/C11H15NO/c1-8-5-6-12-11(7-8)13-10-4-3-9(10)2/h5-7,9-10H,3-4H2,1-2H3/t9?,10-/m1/s1. The summed E-state index contributed by atoms with van der Waals surface area (Å²) in [6.07, 6.45) is 4.66. The fourth-order valence-corrected chi connectivity index (χ4v) is 1.54. The van der Waals surface area contributed by atoms with Crippen LogP contribution in [0.5, 0.6) is 5.88 Å². The van der Waals surface area contributed by atoms with Crippen LogP contribution in [-0.4, -0.2) is 11.1 Å². The van der Waals surface area contributed by atoms with Crippen molar-refractivity contribution in [2.24, 2.45) is 5.92 Å². The molecule has 0 N–H and O–H groups in total. The van der Waals surface area contributed by atoms with Crippen LogP contribution in [0.1, 0.15) is 25.3 Å². The van der Waals surface area contributed by atoms with Gasteiger partial charge in [-0.1, -0.05) is 6.92 Å². The topological polar surface area (TPSA) is 22.1 Å². The van der Waals surface area contributed by atoms with E-state index in [0.717, 1.165) is 5.88 Å². The van der Waals surface area contributed by atoms with E-state index in [-0.39, 0.29) is 0 Å². The van der Waals surface area contributed by atoms with Gasteiger partial charge in [-0.3, -0.25) is 0 Å². The SMILES string of the molecule is Cc1ccnc(O[C@@H]2CCC2C)c1. The molecule has 1 fully saturated rings. The zero-order chi connectivity index (χ0) is 9.26. The molecule has 1 aliphatic rings. The molecule has 0 radical (unpaired) electrons. The summed E-state index contributed by atoms with van der Waals surface area (Å²) in [4.78, 5) is 4.17. The molecule has 0 bridgehead atoms. The monoisotopic (exact) mass is 177 g/mol. The lowest BCUT2D eigenvalue weighted by molar-refractivity contribution is 0.0534. The van der Waals surface area contributed by atoms with E-state index in [1.54, 1.807) is 6.20 Å². The molecule has 2 atom stereocenters. The van der Waals surface area contributed by atoms with Crippen molar-refractivity contribution in [1.29, 1.82) is 0 Å². The quantitative estimate of drug-likeness (QED) is 0.692. The number of nitrogens with zero attached hydrogens (tertiary/aromatic N) is 1. The van der Waals surface area contributed by atoms with E-state index in [9.17, 15) is 0 Å². The lowest BCUT2D eigenvalue weighted by Crippen LogP contribution is -2.34. The van der Waals surface area contributed by atoms with Crippen molar-refractivity contribution in [2.45, 2.75) is 32.8 Å². The summed E-state index contributed by atoms with van der Waals surface area (Å²) in [7, 11) is 0. The van der Waals surface area contributed by atoms with Crippen LogP contribution in [0.2, 0.25) is 0 Å². The molecular formula is C11H15NO. The number of hydrogen-bond donors (Lipinski definition) is 0. The van der Waals surface area contributed by atoms with E-state index in [1.165, 1.54) is 18.4 Å². The van der Waals surface area contributed by atoms with Gasteiger partial charge in [-0.25, -0.2) is 4.98 Å². The van der Waals surface area contributed by atoms with Gasteiger partial charge in [0, 0.05) is 12.3 Å². The van der Waals surface area contributed by atoms with Gasteiger partial charge < -0.3 is 4.74 Å². The maximum atomic E-state index is 5.73. The average Bonchev–Trinajstić information content (AvgIpc) is 2.12. The normalized spacial score (nSPS) is 26.6. The van der Waals surface area contributed by atoms with Crippen LogP contribution in [0.3, 0.4) is 0 Å². The second kappa shape index (κ2) is 3.36. The fraction of sp³-hybridized carbons (Fsp3) is 0.545. The van der Waals surface area contributed by atoms with E-state index >= 15 is 0 Å². The lowest BCUT2D eigenvalue weighted by atomic mass is 9.84. The maximum absolute atomic E-state index is 5.73. The van der Waals surface area contributed by atoms with Crippen molar-refractivity contribution in [1.82, 2.24) is 4.98 Å². The highest BCUT2D eigenvalue weighted by molar-refractivity contribution is 5.19. The predicted octanol–water partition coefficient (Wildman–Crippen LogP) is 2.57. The highest BCUT2D eigenvalue weighted by atomic mass is 16.5. The summed E-state index contributed by atoms with van der Waals surface area (Å²) in [6, 6.07) is 3.97. The molecule has 1 aliphatic carbocycles. The second-order valence-electron chi connectivity index (χ2n) is 3.88. The van der Waals surface area contributed by atoms with E-state index in [2.05, 4.69) is 18.8 Å². The lowest BCUT2D eigenvalue weighted by Gasteiger charge is -2.33. The molecule has 70 valence electrons. The van der Waals surface area contributed by atoms with Crippen LogP contribution in [0.15, 0.2) is 18.3 Å². The number of aromatic nitrogens is 1. The fourth-order valence-electron chi connectivity index (χ4n) is 1.54. The van der Waals surface area contributed by atoms with Crippen molar-refractivity contribution in [2.75, 3.05) is 0 Å². The first-order valence-electron chi connectivity index (χ1n) is 4.85. The summed E-state index contributed by atoms with van der Waals surface area (Å²) in [6.45, 7) is 4.28. The van der Waals surface area contributed by atoms with Crippen LogP contribution in [0.25, 0.3) is 0 Å². The molecule has 2 heteroatoms. The third kappa shape index (κ3) is 1.82. The first kappa shape index (κ1) is 8.54. The smallest absolute Gasteiger partial charge is 0.213 e. The molecule has 1 aromatic heterocycles. The van der Waals surface area contributed by atoms with E-state index < -0.39 is 0 Å². The van der Waals surface area contributed by atoms with Crippen LogP contribution in [-0.2, 0) is 0 Å². The van der Waals surface area contributed by atoms with E-state index in [4.69, 9.17) is 4.74 Å². The third-order valence-corrected chi connectivity index (χ3v) is 2.70. The van der Waals surface area contributed by atoms with Crippen LogP contribution >= 0.6 is 0 Å². The van der Waals surface area contributed by atoms with Gasteiger partial charge in [-0.05, 0) is 37.3 Å². The minimum atomic E-state index is 0.397. The Morgan fingerprint density at radius 3 is 2.85 bits per heavy atom. The number of pyridine rings is 1. The van der Waals surface area contributed by atoms with Crippen molar-refractivity contribution in [3.63, 3.8) is 0 Å². The van der Waals surface area contributed by atoms with Crippen molar-refractivity contribution in [3.8, 4) is 5.88 Å². The molecule has 1 heterocycles. The zero-order valence-corrected chi connectivity index (χ0v) is 8.16. The van der Waals surface area contributed by atoms with Gasteiger partial charge in [0.2, 0.25) is 5.88 Å². The molecule has 1 aromatic rings. The van der Waals surface area contributed by atoms with Crippen molar-refractivity contribution < 1.29 is 4.74 Å². The Labute approximate surface area is 78.9 Å². The van der Waals surface area contributed by atoms with Gasteiger partial charge in [0.05, 0.1) is 0 Å². The van der Waals surface area contributed by atoms with Crippen molar-refractivity contribution >= 4 is 0 Å². The summed E-state index contributed by atoms with van der Waals surface area (Å²) >= 11 is 0. The molecule has 0 spiro atoms. The average molecular weight is 177 g/mol. The van der Waals surface area contributed by atoms with E-state index in [1.807, 2.05) is 12.1 Å². The third-order valence-electron chi connectivity index (χ3n) is 2.70. The van der Waals surface area contributed by atoms with Gasteiger partial charge >= 0.3 is 0 Å². The molecule has 1 saturated carbocycles. The van der Waals surface area contributed by atoms with Gasteiger partial charge in [-0.2, -0.15) is 0 Å². The summed E-state index contributed by atoms with van der Waals surface area (Å²) in [5.41, 5.74) is 1.21. The Balaban J connectivity index is 2.01. The largest absolute Gasteiger partial charge is 0.474 e. The van der Waals surface area contributed by atoms with Crippen LogP contribution < -0.4 is 4.74 Å². The molecule has 0 aliphatic heterocycles. The highest BCUT2D eigenvalue weighted by Crippen LogP contribution is 2.30. The maximum Gasteiger partial charge on any atom is 0.213 e. The molecular weight excluding hydrogens is 162 g/mol. The number of ether oxygens (including phenoxy) is 1. The highest BCUT2D eigenvalue weighted by Gasteiger charge is 2.28. The van der Waals surface area contributed by atoms with Gasteiger partial charge in [0.25, 0.3) is 0 Å². The number of aryl methyl sites for hydroxylation is 1. The summed E-state index contributed by atoms with van der Waals surface area (Å²) in [5, 5.41) is 0. The summed E-state index contributed by atoms with van der Waals surface area (Å²) in [5.74, 6) is 1.47. The Bertz CT molecular complexity index is 298. The zero-order valence-electron chi connectivity index (χ0n) is 8.16. The minimum absolute atomic E-state index is 0.397. The second-order valence-corrected chi connectivity index (χ2v) is 3.88. The van der Waals surface area contributed by atoms with E-state index in [0.29, 0.717) is 12.0 Å². The first-order chi connectivity index (χ1) is 6.25. The number of rotatable bonds is 2. The van der Waals surface area contributed by atoms with Crippen LogP contribution in [0, 0.1) is 12.8 Å². The Morgan fingerprint density at radius 1 is 1.46 bits per heavy atom. The molecule has 1 unspecified atom stereocenters. The molecule has 0 saturated heterocycles. The minimum Gasteiger partial charge on any atom is -0.474 e. The number of hydrogen-bond acceptors (Lipinski definition) is 2. The Hall–Kier alpha value is -1.05. The Morgan fingerprint density at radius 2 is 2.31 bits per heavy atom.